The first-order valence-corrected chi connectivity index (χ1v) is 10.9. The lowest BCUT2D eigenvalue weighted by Crippen LogP contribution is -2.19. The van der Waals surface area contributed by atoms with Gasteiger partial charge in [-0.25, -0.2) is 19.3 Å². The van der Waals surface area contributed by atoms with Crippen LogP contribution in [0.1, 0.15) is 53.1 Å². The summed E-state index contributed by atoms with van der Waals surface area (Å²) >= 11 is 0. The molecule has 0 N–H and O–H groups in total. The van der Waals surface area contributed by atoms with Crippen molar-refractivity contribution in [1.29, 1.82) is 0 Å². The Labute approximate surface area is 186 Å². The predicted molar refractivity (Wildman–Crippen MR) is 121 cm³/mol. The number of aryl methyl sites for hydroxylation is 4. The number of rotatable bonds is 3. The van der Waals surface area contributed by atoms with Gasteiger partial charge in [0.1, 0.15) is 11.3 Å². The number of hydrogen-bond acceptors (Lipinski definition) is 5. The zero-order valence-electron chi connectivity index (χ0n) is 18.8. The van der Waals surface area contributed by atoms with E-state index in [2.05, 4.69) is 5.10 Å². The molecule has 5 rings (SSSR count). The molecule has 0 saturated carbocycles. The minimum absolute atomic E-state index is 0.0367. The van der Waals surface area contributed by atoms with Gasteiger partial charge in [0.25, 0.3) is 0 Å². The van der Waals surface area contributed by atoms with Crippen molar-refractivity contribution >= 4 is 11.2 Å². The van der Waals surface area contributed by atoms with Gasteiger partial charge in [-0.05, 0) is 51.3 Å². The van der Waals surface area contributed by atoms with Crippen molar-refractivity contribution in [2.75, 3.05) is 6.61 Å². The second-order valence-corrected chi connectivity index (χ2v) is 8.67. The van der Waals surface area contributed by atoms with Crippen LogP contribution in [0.15, 0.2) is 36.7 Å². The summed E-state index contributed by atoms with van der Waals surface area (Å²) in [6.07, 6.45) is 5.45. The average Bonchev–Trinajstić information content (AvgIpc) is 3.21. The Hall–Kier alpha value is -3.19. The smallest absolute Gasteiger partial charge is 0.179 e. The van der Waals surface area contributed by atoms with Gasteiger partial charge in [-0.1, -0.05) is 12.1 Å². The molecule has 7 heteroatoms. The van der Waals surface area contributed by atoms with Gasteiger partial charge in [0, 0.05) is 48.2 Å². The minimum atomic E-state index is -0.260. The lowest BCUT2D eigenvalue weighted by molar-refractivity contribution is 0.00465. The van der Waals surface area contributed by atoms with Crippen LogP contribution in [0.5, 0.6) is 0 Å². The maximum atomic E-state index is 15.0. The van der Waals surface area contributed by atoms with Gasteiger partial charge in [0.2, 0.25) is 0 Å². The zero-order chi connectivity index (χ0) is 22.4. The Kier molecular flexibility index (Phi) is 5.21. The quantitative estimate of drug-likeness (QED) is 0.450. The summed E-state index contributed by atoms with van der Waals surface area (Å²) in [4.78, 5) is 14.3. The van der Waals surface area contributed by atoms with Crippen LogP contribution >= 0.6 is 0 Å². The molecule has 6 nitrogen and oxygen atoms in total. The maximum Gasteiger partial charge on any atom is 0.179 e. The van der Waals surface area contributed by atoms with Crippen LogP contribution < -0.4 is 0 Å². The van der Waals surface area contributed by atoms with Gasteiger partial charge in [-0.15, -0.1) is 0 Å². The Balaban J connectivity index is 1.62. The summed E-state index contributed by atoms with van der Waals surface area (Å²) < 4.78 is 22.8. The van der Waals surface area contributed by atoms with E-state index in [-0.39, 0.29) is 17.8 Å². The van der Waals surface area contributed by atoms with Crippen LogP contribution in [-0.2, 0) is 11.8 Å². The molecule has 0 radical (unpaired) electrons. The van der Waals surface area contributed by atoms with E-state index in [0.717, 1.165) is 46.6 Å². The van der Waals surface area contributed by atoms with E-state index in [0.29, 0.717) is 23.3 Å². The molecule has 0 amide bonds. The van der Waals surface area contributed by atoms with Crippen molar-refractivity contribution in [3.8, 4) is 11.1 Å². The zero-order valence-corrected chi connectivity index (χ0v) is 18.8. The molecule has 1 aliphatic rings. The molecule has 0 bridgehead atoms. The van der Waals surface area contributed by atoms with Gasteiger partial charge >= 0.3 is 0 Å². The Bertz CT molecular complexity index is 1320. The Morgan fingerprint density at radius 1 is 1.03 bits per heavy atom. The SMILES string of the molecule is Cc1ccc(-c2cc([C@H]3CCO[C@H](c4cnn(C)c4)C3)nc3nc(C)c(C)nc23)c(F)c1. The van der Waals surface area contributed by atoms with Gasteiger partial charge in [-0.2, -0.15) is 5.10 Å². The third-order valence-electron chi connectivity index (χ3n) is 6.28. The van der Waals surface area contributed by atoms with E-state index in [1.54, 1.807) is 10.7 Å². The summed E-state index contributed by atoms with van der Waals surface area (Å²) in [6, 6.07) is 7.30. The van der Waals surface area contributed by atoms with E-state index >= 15 is 4.39 Å². The second-order valence-electron chi connectivity index (χ2n) is 8.67. The topological polar surface area (TPSA) is 65.7 Å². The molecule has 1 saturated heterocycles. The van der Waals surface area contributed by atoms with Crippen LogP contribution in [0.3, 0.4) is 0 Å². The largest absolute Gasteiger partial charge is 0.373 e. The van der Waals surface area contributed by atoms with Crippen molar-refractivity contribution in [1.82, 2.24) is 24.7 Å². The highest BCUT2D eigenvalue weighted by molar-refractivity contribution is 5.90. The van der Waals surface area contributed by atoms with Crippen LogP contribution in [0.25, 0.3) is 22.3 Å². The number of halogens is 1. The third kappa shape index (κ3) is 3.77. The van der Waals surface area contributed by atoms with Crippen molar-refractivity contribution in [2.45, 2.75) is 45.6 Å². The molecule has 3 aromatic heterocycles. The van der Waals surface area contributed by atoms with E-state index < -0.39 is 0 Å². The van der Waals surface area contributed by atoms with Gasteiger partial charge in [0.05, 0.1) is 23.7 Å². The highest BCUT2D eigenvalue weighted by Crippen LogP contribution is 2.39. The number of nitrogens with zero attached hydrogens (tertiary/aromatic N) is 5. The van der Waals surface area contributed by atoms with Crippen LogP contribution in [0, 0.1) is 26.6 Å². The number of hydrogen-bond donors (Lipinski definition) is 0. The first kappa shape index (κ1) is 20.7. The average molecular weight is 432 g/mol. The highest BCUT2D eigenvalue weighted by Gasteiger charge is 2.28. The van der Waals surface area contributed by atoms with Crippen molar-refractivity contribution in [2.24, 2.45) is 7.05 Å². The molecule has 1 aliphatic heterocycles. The van der Waals surface area contributed by atoms with Crippen LogP contribution in [0.2, 0.25) is 0 Å². The van der Waals surface area contributed by atoms with Crippen molar-refractivity contribution in [3.63, 3.8) is 0 Å². The molecule has 1 fully saturated rings. The molecule has 0 aliphatic carbocycles. The Morgan fingerprint density at radius 3 is 2.59 bits per heavy atom. The summed E-state index contributed by atoms with van der Waals surface area (Å²) in [5, 5.41) is 4.28. The molecule has 0 spiro atoms. The monoisotopic (exact) mass is 431 g/mol. The number of pyridine rings is 1. The molecule has 2 atom stereocenters. The lowest BCUT2D eigenvalue weighted by atomic mass is 9.88. The summed E-state index contributed by atoms with van der Waals surface area (Å²) in [6.45, 7) is 6.37. The van der Waals surface area contributed by atoms with Crippen LogP contribution in [-0.4, -0.2) is 31.3 Å². The van der Waals surface area contributed by atoms with Crippen LogP contribution in [0.4, 0.5) is 4.39 Å². The first-order chi connectivity index (χ1) is 15.4. The molecular formula is C25H26FN5O. The van der Waals surface area contributed by atoms with Gasteiger partial charge in [-0.3, -0.25) is 4.68 Å². The highest BCUT2D eigenvalue weighted by atomic mass is 19.1. The number of fused-ring (bicyclic) bond motifs is 1. The van der Waals surface area contributed by atoms with Gasteiger partial charge in [0.15, 0.2) is 5.65 Å². The van der Waals surface area contributed by atoms with Crippen molar-refractivity contribution < 1.29 is 9.13 Å². The lowest BCUT2D eigenvalue weighted by Gasteiger charge is -2.29. The summed E-state index contributed by atoms with van der Waals surface area (Å²) in [5.74, 6) is -0.0854. The predicted octanol–water partition coefficient (Wildman–Crippen LogP) is 5.12. The maximum absolute atomic E-state index is 15.0. The normalized spacial score (nSPS) is 18.9. The fraction of sp³-hybridized carbons (Fsp3) is 0.360. The van der Waals surface area contributed by atoms with Gasteiger partial charge < -0.3 is 4.74 Å². The Morgan fingerprint density at radius 2 is 1.84 bits per heavy atom. The van der Waals surface area contributed by atoms with Crippen molar-refractivity contribution in [3.05, 3.63) is 70.7 Å². The minimum Gasteiger partial charge on any atom is -0.373 e. The molecule has 4 aromatic rings. The summed E-state index contributed by atoms with van der Waals surface area (Å²) in [7, 11) is 1.90. The number of aromatic nitrogens is 5. The van der Waals surface area contributed by atoms with E-state index in [4.69, 9.17) is 19.7 Å². The van der Waals surface area contributed by atoms with E-state index in [1.807, 2.05) is 58.4 Å². The molecule has 164 valence electrons. The molecule has 32 heavy (non-hydrogen) atoms. The fourth-order valence-electron chi connectivity index (χ4n) is 4.38. The standard InChI is InChI=1S/C25H26FN5O/c1-14-5-6-19(21(26)9-14)20-11-22(30-25-24(20)28-15(2)16(3)29-25)17-7-8-32-23(10-17)18-12-27-31(4)13-18/h5-6,9,11-13,17,23H,7-8,10H2,1-4H3/t17-,23-/m0/s1. The molecular weight excluding hydrogens is 405 g/mol. The molecule has 4 heterocycles. The van der Waals surface area contributed by atoms with E-state index in [9.17, 15) is 0 Å². The second kappa shape index (κ2) is 8.06. The molecule has 1 aromatic carbocycles. The first-order valence-electron chi connectivity index (χ1n) is 10.9. The molecule has 0 unspecified atom stereocenters. The number of benzene rings is 1. The summed E-state index contributed by atoms with van der Waals surface area (Å²) in [5.41, 5.74) is 6.96. The third-order valence-corrected chi connectivity index (χ3v) is 6.28. The number of ether oxygens (including phenoxy) is 1. The van der Waals surface area contributed by atoms with E-state index in [1.165, 1.54) is 0 Å². The fourth-order valence-corrected chi connectivity index (χ4v) is 4.38.